The number of aliphatic hydroxyl groups is 1. The molecule has 3 aromatic rings. The molecule has 0 saturated heterocycles. The standard InChI is InChI=1S/C18H15NO4S/c20-14(13-9-24-17-4-2-1-3-12(13)17)8-19-18(21)11-5-6-15-16(7-11)23-10-22-15/h1-7,9,14,20H,8,10H2,(H,19,21). The van der Waals surface area contributed by atoms with Gasteiger partial charge in [0.15, 0.2) is 11.5 Å². The Labute approximate surface area is 142 Å². The maximum atomic E-state index is 12.3. The number of aliphatic hydroxyl groups excluding tert-OH is 1. The van der Waals surface area contributed by atoms with E-state index in [1.165, 1.54) is 0 Å². The van der Waals surface area contributed by atoms with Crippen LogP contribution in [0.2, 0.25) is 0 Å². The van der Waals surface area contributed by atoms with Gasteiger partial charge in [-0.1, -0.05) is 18.2 Å². The van der Waals surface area contributed by atoms with Gasteiger partial charge in [-0.15, -0.1) is 11.3 Å². The normalized spacial score (nSPS) is 13.9. The minimum absolute atomic E-state index is 0.147. The predicted molar refractivity (Wildman–Crippen MR) is 91.7 cm³/mol. The highest BCUT2D eigenvalue weighted by Crippen LogP contribution is 2.33. The number of carbonyl (C=O) groups excluding carboxylic acids is 1. The van der Waals surface area contributed by atoms with Crippen molar-refractivity contribution in [1.29, 1.82) is 0 Å². The third kappa shape index (κ3) is 2.70. The maximum Gasteiger partial charge on any atom is 0.251 e. The molecular formula is C18H15NO4S. The molecule has 0 spiro atoms. The van der Waals surface area contributed by atoms with Crippen LogP contribution in [0.25, 0.3) is 10.1 Å². The smallest absolute Gasteiger partial charge is 0.251 e. The number of carbonyl (C=O) groups is 1. The Bertz CT molecular complexity index is 905. The molecule has 4 rings (SSSR count). The number of benzene rings is 2. The lowest BCUT2D eigenvalue weighted by Gasteiger charge is -2.12. The van der Waals surface area contributed by atoms with Crippen molar-refractivity contribution in [1.82, 2.24) is 5.32 Å². The zero-order valence-electron chi connectivity index (χ0n) is 12.7. The zero-order chi connectivity index (χ0) is 16.5. The van der Waals surface area contributed by atoms with Crippen molar-refractivity contribution in [3.63, 3.8) is 0 Å². The first-order valence-corrected chi connectivity index (χ1v) is 8.42. The summed E-state index contributed by atoms with van der Waals surface area (Å²) >= 11 is 1.58. The highest BCUT2D eigenvalue weighted by Gasteiger charge is 2.18. The molecule has 0 bridgehead atoms. The monoisotopic (exact) mass is 341 g/mol. The summed E-state index contributed by atoms with van der Waals surface area (Å²) in [7, 11) is 0. The maximum absolute atomic E-state index is 12.3. The quantitative estimate of drug-likeness (QED) is 0.765. The number of rotatable bonds is 4. The van der Waals surface area contributed by atoms with E-state index in [1.807, 2.05) is 29.6 Å². The van der Waals surface area contributed by atoms with Gasteiger partial charge >= 0.3 is 0 Å². The van der Waals surface area contributed by atoms with Crippen molar-refractivity contribution in [3.8, 4) is 11.5 Å². The minimum atomic E-state index is -0.751. The molecule has 1 atom stereocenters. The van der Waals surface area contributed by atoms with E-state index in [9.17, 15) is 9.90 Å². The van der Waals surface area contributed by atoms with Crippen LogP contribution in [0.5, 0.6) is 11.5 Å². The Morgan fingerprint density at radius 1 is 1.21 bits per heavy atom. The van der Waals surface area contributed by atoms with Gasteiger partial charge in [-0.25, -0.2) is 0 Å². The lowest BCUT2D eigenvalue weighted by molar-refractivity contribution is 0.0916. The molecular weight excluding hydrogens is 326 g/mol. The summed E-state index contributed by atoms with van der Waals surface area (Å²) in [4.78, 5) is 12.3. The molecule has 1 amide bonds. The van der Waals surface area contributed by atoms with Crippen LogP contribution in [0.3, 0.4) is 0 Å². The van der Waals surface area contributed by atoms with Gasteiger partial charge in [0, 0.05) is 22.4 Å². The summed E-state index contributed by atoms with van der Waals surface area (Å²) in [5, 5.41) is 16.1. The molecule has 1 unspecified atom stereocenters. The van der Waals surface area contributed by atoms with Crippen LogP contribution in [-0.2, 0) is 0 Å². The van der Waals surface area contributed by atoms with E-state index in [0.29, 0.717) is 17.1 Å². The van der Waals surface area contributed by atoms with Crippen LogP contribution in [0.1, 0.15) is 22.0 Å². The average molecular weight is 341 g/mol. The van der Waals surface area contributed by atoms with E-state index in [2.05, 4.69) is 5.32 Å². The fourth-order valence-corrected chi connectivity index (χ4v) is 3.70. The molecule has 2 aromatic carbocycles. The van der Waals surface area contributed by atoms with E-state index >= 15 is 0 Å². The van der Waals surface area contributed by atoms with Crippen molar-refractivity contribution in [2.75, 3.05) is 13.3 Å². The Balaban J connectivity index is 1.45. The second-order valence-corrected chi connectivity index (χ2v) is 6.39. The summed E-state index contributed by atoms with van der Waals surface area (Å²) in [6.07, 6.45) is -0.751. The summed E-state index contributed by atoms with van der Waals surface area (Å²) in [5.41, 5.74) is 1.31. The number of nitrogens with one attached hydrogen (secondary N) is 1. The average Bonchev–Trinajstić information content (AvgIpc) is 3.25. The number of thiophene rings is 1. The van der Waals surface area contributed by atoms with Crippen LogP contribution < -0.4 is 14.8 Å². The Morgan fingerprint density at radius 3 is 2.96 bits per heavy atom. The number of hydrogen-bond donors (Lipinski definition) is 2. The number of fused-ring (bicyclic) bond motifs is 2. The number of ether oxygens (including phenoxy) is 2. The van der Waals surface area contributed by atoms with Crippen molar-refractivity contribution < 1.29 is 19.4 Å². The minimum Gasteiger partial charge on any atom is -0.454 e. The second-order valence-electron chi connectivity index (χ2n) is 5.48. The van der Waals surface area contributed by atoms with Crippen molar-refractivity contribution in [2.24, 2.45) is 0 Å². The molecule has 0 saturated carbocycles. The topological polar surface area (TPSA) is 67.8 Å². The van der Waals surface area contributed by atoms with Crippen molar-refractivity contribution >= 4 is 27.3 Å². The molecule has 1 aromatic heterocycles. The van der Waals surface area contributed by atoms with E-state index in [4.69, 9.17) is 9.47 Å². The van der Waals surface area contributed by atoms with Gasteiger partial charge in [0.25, 0.3) is 5.91 Å². The molecule has 0 radical (unpaired) electrons. The van der Waals surface area contributed by atoms with E-state index < -0.39 is 6.10 Å². The summed E-state index contributed by atoms with van der Waals surface area (Å²) in [6.45, 7) is 0.318. The number of amides is 1. The van der Waals surface area contributed by atoms with Gasteiger partial charge in [-0.2, -0.15) is 0 Å². The molecule has 2 N–H and O–H groups in total. The molecule has 1 aliphatic rings. The van der Waals surface area contributed by atoms with Gasteiger partial charge in [-0.3, -0.25) is 4.79 Å². The lowest BCUT2D eigenvalue weighted by Crippen LogP contribution is -2.28. The Morgan fingerprint density at radius 2 is 2.04 bits per heavy atom. The molecule has 2 heterocycles. The Hall–Kier alpha value is -2.57. The van der Waals surface area contributed by atoms with Gasteiger partial charge < -0.3 is 19.9 Å². The SMILES string of the molecule is O=C(NCC(O)c1csc2ccccc12)c1ccc2c(c1)OCO2. The fraction of sp³-hybridized carbons (Fsp3) is 0.167. The second kappa shape index (κ2) is 6.14. The van der Waals surface area contributed by atoms with Gasteiger partial charge in [0.05, 0.1) is 6.10 Å². The molecule has 6 heteroatoms. The van der Waals surface area contributed by atoms with Crippen molar-refractivity contribution in [3.05, 3.63) is 59.0 Å². The van der Waals surface area contributed by atoms with E-state index in [1.54, 1.807) is 29.5 Å². The van der Waals surface area contributed by atoms with E-state index in [-0.39, 0.29) is 19.2 Å². The first kappa shape index (κ1) is 15.0. The lowest BCUT2D eigenvalue weighted by atomic mass is 10.1. The summed E-state index contributed by atoms with van der Waals surface area (Å²) in [6, 6.07) is 12.9. The first-order valence-electron chi connectivity index (χ1n) is 7.54. The van der Waals surface area contributed by atoms with Crippen LogP contribution in [-0.4, -0.2) is 24.4 Å². The Kier molecular flexibility index (Phi) is 3.84. The molecule has 0 fully saturated rings. The van der Waals surface area contributed by atoms with E-state index in [0.717, 1.165) is 15.6 Å². The van der Waals surface area contributed by atoms with Crippen LogP contribution in [0.15, 0.2) is 47.8 Å². The van der Waals surface area contributed by atoms with Crippen LogP contribution >= 0.6 is 11.3 Å². The van der Waals surface area contributed by atoms with Gasteiger partial charge in [-0.05, 0) is 35.0 Å². The fourth-order valence-electron chi connectivity index (χ4n) is 2.70. The largest absolute Gasteiger partial charge is 0.454 e. The summed E-state index contributed by atoms with van der Waals surface area (Å²) < 4.78 is 11.6. The van der Waals surface area contributed by atoms with Gasteiger partial charge in [0.2, 0.25) is 6.79 Å². The van der Waals surface area contributed by atoms with Crippen LogP contribution in [0, 0.1) is 0 Å². The van der Waals surface area contributed by atoms with Crippen LogP contribution in [0.4, 0.5) is 0 Å². The summed E-state index contributed by atoms with van der Waals surface area (Å²) in [5.74, 6) is 0.940. The molecule has 1 aliphatic heterocycles. The zero-order valence-corrected chi connectivity index (χ0v) is 13.5. The third-order valence-electron chi connectivity index (χ3n) is 3.96. The molecule has 5 nitrogen and oxygen atoms in total. The van der Waals surface area contributed by atoms with Crippen molar-refractivity contribution in [2.45, 2.75) is 6.10 Å². The highest BCUT2D eigenvalue weighted by atomic mass is 32.1. The third-order valence-corrected chi connectivity index (χ3v) is 4.94. The first-order chi connectivity index (χ1) is 11.7. The number of hydrogen-bond acceptors (Lipinski definition) is 5. The predicted octanol–water partition coefficient (Wildman–Crippen LogP) is 3.09. The molecule has 0 aliphatic carbocycles. The molecule has 24 heavy (non-hydrogen) atoms. The molecule has 122 valence electrons. The van der Waals surface area contributed by atoms with Gasteiger partial charge in [0.1, 0.15) is 0 Å². The highest BCUT2D eigenvalue weighted by molar-refractivity contribution is 7.17.